The number of rotatable bonds is 2. The largest absolute Gasteiger partial charge is 0.347 e. The summed E-state index contributed by atoms with van der Waals surface area (Å²) in [7, 11) is 2.97. The molecule has 1 fully saturated rings. The molecule has 0 aromatic rings. The lowest BCUT2D eigenvalue weighted by molar-refractivity contribution is -0.231. The fraction of sp³-hybridized carbons (Fsp3) is 0.833. The Morgan fingerprint density at radius 3 is 2.00 bits per heavy atom. The van der Waals surface area contributed by atoms with Gasteiger partial charge in [-0.3, -0.25) is 4.79 Å². The summed E-state index contributed by atoms with van der Waals surface area (Å²) in [6, 6.07) is 0. The van der Waals surface area contributed by atoms with E-state index in [9.17, 15) is 4.79 Å². The molecule has 0 bridgehead atoms. The molecule has 0 heterocycles. The van der Waals surface area contributed by atoms with E-state index < -0.39 is 5.79 Å². The lowest BCUT2D eigenvalue weighted by Crippen LogP contribution is -2.50. The molecule has 0 atom stereocenters. The maximum Gasteiger partial charge on any atom is 0.228 e. The normalized spacial score (nSPS) is 23.6. The van der Waals surface area contributed by atoms with Crippen molar-refractivity contribution >= 4 is 5.78 Å². The number of ketones is 1. The summed E-state index contributed by atoms with van der Waals surface area (Å²) in [5.41, 5.74) is 0. The van der Waals surface area contributed by atoms with Crippen molar-refractivity contribution in [3.8, 4) is 0 Å². The van der Waals surface area contributed by atoms with Crippen molar-refractivity contribution in [2.45, 2.75) is 18.6 Å². The van der Waals surface area contributed by atoms with E-state index in [1.807, 2.05) is 0 Å². The molecule has 0 amide bonds. The Morgan fingerprint density at radius 2 is 2.00 bits per heavy atom. The van der Waals surface area contributed by atoms with E-state index in [1.54, 1.807) is 0 Å². The Labute approximate surface area is 53.9 Å². The highest BCUT2D eigenvalue weighted by Crippen LogP contribution is 2.31. The Bertz CT molecular complexity index is 121. The monoisotopic (exact) mass is 130 g/mol. The molecule has 3 nitrogen and oxygen atoms in total. The van der Waals surface area contributed by atoms with Gasteiger partial charge >= 0.3 is 0 Å². The number of hydrogen-bond donors (Lipinski definition) is 0. The zero-order valence-corrected chi connectivity index (χ0v) is 5.64. The maximum atomic E-state index is 10.8. The van der Waals surface area contributed by atoms with Gasteiger partial charge in [-0.1, -0.05) is 0 Å². The summed E-state index contributed by atoms with van der Waals surface area (Å²) in [5, 5.41) is 0. The second-order valence-corrected chi connectivity index (χ2v) is 2.08. The minimum atomic E-state index is -0.875. The quantitative estimate of drug-likeness (QED) is 0.505. The summed E-state index contributed by atoms with van der Waals surface area (Å²) in [5.74, 6) is -0.826. The Hall–Kier alpha value is -0.410. The van der Waals surface area contributed by atoms with Crippen LogP contribution in [0.25, 0.3) is 0 Å². The third-order valence-corrected chi connectivity index (χ3v) is 1.77. The highest BCUT2D eigenvalue weighted by molar-refractivity contribution is 5.91. The molecule has 1 rings (SSSR count). The second-order valence-electron chi connectivity index (χ2n) is 2.08. The molecule has 1 aliphatic rings. The SMILES string of the molecule is COC1(OC)CCC1=O. The fourth-order valence-corrected chi connectivity index (χ4v) is 0.946. The first-order valence-electron chi connectivity index (χ1n) is 2.89. The van der Waals surface area contributed by atoms with Gasteiger partial charge in [-0.25, -0.2) is 0 Å². The molecule has 9 heavy (non-hydrogen) atoms. The second kappa shape index (κ2) is 2.08. The van der Waals surface area contributed by atoms with Gasteiger partial charge in [0.05, 0.1) is 0 Å². The molecule has 0 unspecified atom stereocenters. The molecule has 0 aliphatic heterocycles. The zero-order chi connectivity index (χ0) is 6.91. The summed E-state index contributed by atoms with van der Waals surface area (Å²) in [6.07, 6.45) is 1.28. The number of carbonyl (C=O) groups excluding carboxylic acids is 1. The van der Waals surface area contributed by atoms with Gasteiger partial charge in [0.25, 0.3) is 0 Å². The van der Waals surface area contributed by atoms with Gasteiger partial charge in [-0.2, -0.15) is 0 Å². The number of hydrogen-bond acceptors (Lipinski definition) is 3. The van der Waals surface area contributed by atoms with Crippen molar-refractivity contribution in [2.75, 3.05) is 14.2 Å². The highest BCUT2D eigenvalue weighted by Gasteiger charge is 2.46. The van der Waals surface area contributed by atoms with E-state index in [0.717, 1.165) is 0 Å². The predicted molar refractivity (Wildman–Crippen MR) is 31.0 cm³/mol. The van der Waals surface area contributed by atoms with Crippen LogP contribution in [0, 0.1) is 0 Å². The number of Topliss-reactive ketones (excluding diaryl/α,β-unsaturated/α-hetero) is 1. The van der Waals surface area contributed by atoms with E-state index in [2.05, 4.69) is 0 Å². The van der Waals surface area contributed by atoms with Gasteiger partial charge in [0.1, 0.15) is 0 Å². The van der Waals surface area contributed by atoms with Crippen LogP contribution in [0.2, 0.25) is 0 Å². The zero-order valence-electron chi connectivity index (χ0n) is 5.64. The molecule has 3 heteroatoms. The summed E-state index contributed by atoms with van der Waals surface area (Å²) >= 11 is 0. The van der Waals surface area contributed by atoms with E-state index in [4.69, 9.17) is 9.47 Å². The van der Waals surface area contributed by atoms with Crippen LogP contribution >= 0.6 is 0 Å². The molecular formula is C6H10O3. The van der Waals surface area contributed by atoms with Crippen molar-refractivity contribution < 1.29 is 14.3 Å². The number of carbonyl (C=O) groups is 1. The summed E-state index contributed by atoms with van der Waals surface area (Å²) in [4.78, 5) is 10.8. The minimum Gasteiger partial charge on any atom is -0.347 e. The van der Waals surface area contributed by atoms with Gasteiger partial charge in [-0.15, -0.1) is 0 Å². The van der Waals surface area contributed by atoms with Crippen molar-refractivity contribution in [1.29, 1.82) is 0 Å². The Balaban J connectivity index is 2.58. The van der Waals surface area contributed by atoms with Crippen LogP contribution in [0.1, 0.15) is 12.8 Å². The third kappa shape index (κ3) is 0.767. The van der Waals surface area contributed by atoms with Crippen molar-refractivity contribution in [3.63, 3.8) is 0 Å². The van der Waals surface area contributed by atoms with Gasteiger partial charge in [-0.05, 0) is 0 Å². The maximum absolute atomic E-state index is 10.8. The number of methoxy groups -OCH3 is 2. The standard InChI is InChI=1S/C6H10O3/c1-8-6(9-2)4-3-5(6)7/h3-4H2,1-2H3. The van der Waals surface area contributed by atoms with Crippen LogP contribution in [0.5, 0.6) is 0 Å². The lowest BCUT2D eigenvalue weighted by Gasteiger charge is -2.36. The molecular weight excluding hydrogens is 120 g/mol. The first-order chi connectivity index (χ1) is 4.25. The van der Waals surface area contributed by atoms with Gasteiger partial charge in [0.15, 0.2) is 5.78 Å². The molecule has 1 saturated carbocycles. The molecule has 0 N–H and O–H groups in total. The van der Waals surface area contributed by atoms with Crippen LogP contribution in [0.4, 0.5) is 0 Å². The van der Waals surface area contributed by atoms with Gasteiger partial charge < -0.3 is 9.47 Å². The topological polar surface area (TPSA) is 35.5 Å². The molecule has 1 aliphatic carbocycles. The van der Waals surface area contributed by atoms with E-state index >= 15 is 0 Å². The van der Waals surface area contributed by atoms with Crippen molar-refractivity contribution in [2.24, 2.45) is 0 Å². The first-order valence-corrected chi connectivity index (χ1v) is 2.89. The Kier molecular flexibility index (Phi) is 1.55. The van der Waals surface area contributed by atoms with Gasteiger partial charge in [0, 0.05) is 27.1 Å². The average molecular weight is 130 g/mol. The summed E-state index contributed by atoms with van der Waals surface area (Å²) < 4.78 is 9.73. The molecule has 0 aromatic heterocycles. The van der Waals surface area contributed by atoms with Crippen LogP contribution in [0.15, 0.2) is 0 Å². The Morgan fingerprint density at radius 1 is 1.44 bits per heavy atom. The van der Waals surface area contributed by atoms with Crippen LogP contribution in [-0.2, 0) is 14.3 Å². The molecule has 52 valence electrons. The third-order valence-electron chi connectivity index (χ3n) is 1.77. The minimum absolute atomic E-state index is 0.0486. The smallest absolute Gasteiger partial charge is 0.228 e. The van der Waals surface area contributed by atoms with E-state index in [0.29, 0.717) is 12.8 Å². The number of ether oxygens (including phenoxy) is 2. The fourth-order valence-electron chi connectivity index (χ4n) is 0.946. The molecule has 0 radical (unpaired) electrons. The van der Waals surface area contributed by atoms with Crippen molar-refractivity contribution in [3.05, 3.63) is 0 Å². The average Bonchev–Trinajstić information content (AvgIpc) is 1.89. The van der Waals surface area contributed by atoms with Gasteiger partial charge in [0.2, 0.25) is 5.79 Å². The molecule has 0 saturated heterocycles. The predicted octanol–water partition coefficient (Wildman–Crippen LogP) is 0.338. The van der Waals surface area contributed by atoms with E-state index in [1.165, 1.54) is 14.2 Å². The summed E-state index contributed by atoms with van der Waals surface area (Å²) in [6.45, 7) is 0. The first kappa shape index (κ1) is 6.71. The highest BCUT2D eigenvalue weighted by atomic mass is 16.7. The van der Waals surface area contributed by atoms with Crippen LogP contribution in [-0.4, -0.2) is 25.8 Å². The van der Waals surface area contributed by atoms with Crippen molar-refractivity contribution in [1.82, 2.24) is 0 Å². The lowest BCUT2D eigenvalue weighted by atomic mass is 9.89. The van der Waals surface area contributed by atoms with E-state index in [-0.39, 0.29) is 5.78 Å². The van der Waals surface area contributed by atoms with Crippen LogP contribution < -0.4 is 0 Å². The molecule has 0 spiro atoms. The van der Waals surface area contributed by atoms with Crippen LogP contribution in [0.3, 0.4) is 0 Å². The molecule has 0 aromatic carbocycles.